The molecule has 1 atom stereocenters. The summed E-state index contributed by atoms with van der Waals surface area (Å²) in [4.78, 5) is 24.7. The summed E-state index contributed by atoms with van der Waals surface area (Å²) in [6.45, 7) is 11.6. The van der Waals surface area contributed by atoms with Gasteiger partial charge in [0.1, 0.15) is 11.7 Å². The van der Waals surface area contributed by atoms with Crippen molar-refractivity contribution in [2.24, 2.45) is 0 Å². The molecule has 0 aliphatic heterocycles. The van der Waals surface area contributed by atoms with E-state index in [-0.39, 0.29) is 24.0 Å². The first-order chi connectivity index (χ1) is 17.0. The Morgan fingerprint density at radius 3 is 2.42 bits per heavy atom. The molecule has 1 aliphatic carbocycles. The molecule has 0 bridgehead atoms. The number of ether oxygens (including phenoxy) is 2. The van der Waals surface area contributed by atoms with Gasteiger partial charge in [-0.1, -0.05) is 38.5 Å². The van der Waals surface area contributed by atoms with Gasteiger partial charge in [-0.2, -0.15) is 19.6 Å². The first kappa shape index (κ1) is 25.7. The van der Waals surface area contributed by atoms with Crippen molar-refractivity contribution in [2.75, 3.05) is 10.6 Å². The Morgan fingerprint density at radius 1 is 1.08 bits per heavy atom. The molecule has 1 unspecified atom stereocenters. The number of nitrogen functional groups attached to an aromatic ring is 1. The zero-order chi connectivity index (χ0) is 26.0. The zero-order valence-electron chi connectivity index (χ0n) is 22.2. The highest BCUT2D eigenvalue weighted by atomic mass is 16.6. The van der Waals surface area contributed by atoms with Crippen molar-refractivity contribution in [1.82, 2.24) is 19.6 Å². The number of nitrogens with two attached hydrogens (primary N) is 1. The lowest BCUT2D eigenvalue weighted by Gasteiger charge is -2.32. The Morgan fingerprint density at radius 2 is 1.78 bits per heavy atom. The van der Waals surface area contributed by atoms with Gasteiger partial charge in [0.05, 0.1) is 12.2 Å². The molecule has 4 rings (SSSR count). The summed E-state index contributed by atoms with van der Waals surface area (Å²) in [6.07, 6.45) is 6.67. The number of anilines is 2. The number of carbonyl (C=O) groups is 1. The second kappa shape index (κ2) is 10.3. The lowest BCUT2D eigenvalue weighted by Crippen LogP contribution is -2.40. The molecular weight excluding hydrogens is 456 g/mol. The summed E-state index contributed by atoms with van der Waals surface area (Å²) in [7, 11) is 0. The lowest BCUT2D eigenvalue weighted by atomic mass is 9.98. The van der Waals surface area contributed by atoms with Gasteiger partial charge in [-0.3, -0.25) is 0 Å². The van der Waals surface area contributed by atoms with Gasteiger partial charge in [-0.05, 0) is 70.9 Å². The molecule has 1 aromatic carbocycles. The minimum Gasteiger partial charge on any atom is -0.460 e. The number of benzene rings is 1. The maximum Gasteiger partial charge on any atom is 0.417 e. The average Bonchev–Trinajstić information content (AvgIpc) is 3.23. The van der Waals surface area contributed by atoms with Gasteiger partial charge in [0.25, 0.3) is 0 Å². The fourth-order valence-corrected chi connectivity index (χ4v) is 4.56. The Hall–Kier alpha value is -3.36. The van der Waals surface area contributed by atoms with Crippen LogP contribution in [0.5, 0.6) is 6.01 Å². The Balaban J connectivity index is 1.88. The summed E-state index contributed by atoms with van der Waals surface area (Å²) in [5.41, 5.74) is 8.52. The molecule has 2 aromatic heterocycles. The summed E-state index contributed by atoms with van der Waals surface area (Å²) in [5.74, 6) is 0.452. The van der Waals surface area contributed by atoms with Crippen LogP contribution >= 0.6 is 0 Å². The van der Waals surface area contributed by atoms with Gasteiger partial charge in [0.15, 0.2) is 5.65 Å². The largest absolute Gasteiger partial charge is 0.460 e. The van der Waals surface area contributed by atoms with Crippen LogP contribution in [0.3, 0.4) is 0 Å². The van der Waals surface area contributed by atoms with E-state index in [1.54, 1.807) is 10.7 Å². The van der Waals surface area contributed by atoms with Crippen LogP contribution in [0.1, 0.15) is 96.7 Å². The highest BCUT2D eigenvalue weighted by Gasteiger charge is 2.34. The molecule has 1 amide bonds. The van der Waals surface area contributed by atoms with E-state index in [9.17, 15) is 4.79 Å². The molecule has 1 aliphatic rings. The third-order valence-corrected chi connectivity index (χ3v) is 6.44. The van der Waals surface area contributed by atoms with Crippen molar-refractivity contribution in [2.45, 2.75) is 97.3 Å². The van der Waals surface area contributed by atoms with Crippen molar-refractivity contribution in [3.8, 4) is 6.01 Å². The maximum atomic E-state index is 13.7. The highest BCUT2D eigenvalue weighted by Crippen LogP contribution is 2.33. The van der Waals surface area contributed by atoms with Crippen LogP contribution < -0.4 is 15.4 Å². The van der Waals surface area contributed by atoms with E-state index in [1.165, 1.54) is 11.3 Å². The molecule has 2 N–H and O–H groups in total. The van der Waals surface area contributed by atoms with E-state index in [0.29, 0.717) is 11.3 Å². The van der Waals surface area contributed by atoms with Crippen molar-refractivity contribution >= 4 is 23.4 Å². The average molecular weight is 495 g/mol. The molecule has 0 radical (unpaired) electrons. The number of amides is 1. The number of aromatic nitrogens is 4. The van der Waals surface area contributed by atoms with Crippen LogP contribution in [0, 0.1) is 0 Å². The summed E-state index contributed by atoms with van der Waals surface area (Å²) < 4.78 is 13.7. The molecule has 2 heterocycles. The van der Waals surface area contributed by atoms with Gasteiger partial charge in [0, 0.05) is 11.3 Å². The fraction of sp³-hybridized carbons (Fsp3) is 0.556. The van der Waals surface area contributed by atoms with Crippen LogP contribution in [0.4, 0.5) is 16.4 Å². The number of rotatable bonds is 6. The summed E-state index contributed by atoms with van der Waals surface area (Å²) in [6, 6.07) is 7.23. The molecule has 3 aromatic rings. The number of nitrogens with zero attached hydrogens (tertiary/aromatic N) is 5. The zero-order valence-corrected chi connectivity index (χ0v) is 22.2. The van der Waals surface area contributed by atoms with Crippen molar-refractivity contribution < 1.29 is 14.3 Å². The monoisotopic (exact) mass is 494 g/mol. The van der Waals surface area contributed by atoms with Gasteiger partial charge in [-0.15, -0.1) is 0 Å². The molecule has 36 heavy (non-hydrogen) atoms. The van der Waals surface area contributed by atoms with Gasteiger partial charge < -0.3 is 15.2 Å². The maximum absolute atomic E-state index is 13.7. The normalized spacial score (nSPS) is 15.8. The smallest absolute Gasteiger partial charge is 0.417 e. The van der Waals surface area contributed by atoms with Gasteiger partial charge in [0.2, 0.25) is 5.95 Å². The molecule has 0 saturated heterocycles. The Bertz CT molecular complexity index is 1210. The third kappa shape index (κ3) is 5.55. The second-order valence-electron chi connectivity index (χ2n) is 10.8. The van der Waals surface area contributed by atoms with Crippen LogP contribution in [0.15, 0.2) is 30.5 Å². The highest BCUT2D eigenvalue weighted by molar-refractivity contribution is 5.87. The van der Waals surface area contributed by atoms with Crippen molar-refractivity contribution in [1.29, 1.82) is 0 Å². The standard InChI is InChI=1S/C27H38N6O3/c1-17(2)21-16-29-33-23(21)30-24(35-19-12-8-7-9-13-19)31-25(33)32(26(34)36-27(4,5)6)18(3)20-14-10-11-15-22(20)28/h10-11,14-19H,7-9,12-13,28H2,1-6H3. The Labute approximate surface area is 213 Å². The Kier molecular flexibility index (Phi) is 7.38. The SMILES string of the molecule is CC(C)c1cnn2c(N(C(=O)OC(C)(C)C)C(C)c3ccccc3N)nc(OC3CCCCC3)nc12. The third-order valence-electron chi connectivity index (χ3n) is 6.44. The minimum absolute atomic E-state index is 0.0524. The van der Waals surface area contributed by atoms with Crippen LogP contribution in [-0.2, 0) is 4.74 Å². The first-order valence-corrected chi connectivity index (χ1v) is 12.8. The molecular formula is C27H38N6O3. The molecule has 9 nitrogen and oxygen atoms in total. The predicted octanol–water partition coefficient (Wildman–Crippen LogP) is 6.04. The number of para-hydroxylation sites is 1. The van der Waals surface area contributed by atoms with E-state index in [1.807, 2.05) is 52.0 Å². The van der Waals surface area contributed by atoms with E-state index < -0.39 is 17.7 Å². The summed E-state index contributed by atoms with van der Waals surface area (Å²) in [5, 5.41) is 4.58. The minimum atomic E-state index is -0.710. The summed E-state index contributed by atoms with van der Waals surface area (Å²) >= 11 is 0. The van der Waals surface area contributed by atoms with Crippen LogP contribution in [-0.4, -0.2) is 37.4 Å². The molecule has 0 spiro atoms. The lowest BCUT2D eigenvalue weighted by molar-refractivity contribution is 0.0563. The van der Waals surface area contributed by atoms with Gasteiger partial charge in [-0.25, -0.2) is 9.69 Å². The number of fused-ring (bicyclic) bond motifs is 1. The molecule has 1 fully saturated rings. The predicted molar refractivity (Wildman–Crippen MR) is 140 cm³/mol. The first-order valence-electron chi connectivity index (χ1n) is 12.8. The van der Waals surface area contributed by atoms with Crippen molar-refractivity contribution in [3.63, 3.8) is 0 Å². The molecule has 9 heteroatoms. The van der Waals surface area contributed by atoms with E-state index >= 15 is 0 Å². The van der Waals surface area contributed by atoms with Crippen LogP contribution in [0.25, 0.3) is 5.65 Å². The number of carbonyl (C=O) groups excluding carboxylic acids is 1. The second-order valence-corrected chi connectivity index (χ2v) is 10.8. The van der Waals surface area contributed by atoms with E-state index in [2.05, 4.69) is 18.9 Å². The van der Waals surface area contributed by atoms with E-state index in [4.69, 9.17) is 25.2 Å². The van der Waals surface area contributed by atoms with Crippen LogP contribution in [0.2, 0.25) is 0 Å². The van der Waals surface area contributed by atoms with Gasteiger partial charge >= 0.3 is 12.1 Å². The quantitative estimate of drug-likeness (QED) is 0.416. The van der Waals surface area contributed by atoms with Crippen molar-refractivity contribution in [3.05, 3.63) is 41.6 Å². The van der Waals surface area contributed by atoms with E-state index in [0.717, 1.165) is 36.8 Å². The molecule has 1 saturated carbocycles. The topological polar surface area (TPSA) is 108 Å². The molecule has 194 valence electrons. The number of hydrogen-bond acceptors (Lipinski definition) is 7. The number of hydrogen-bond donors (Lipinski definition) is 1. The fourth-order valence-electron chi connectivity index (χ4n) is 4.56.